The topological polar surface area (TPSA) is 51.6 Å². The normalized spacial score (nSPS) is 11.7. The third-order valence-electron chi connectivity index (χ3n) is 6.82. The van der Waals surface area contributed by atoms with Gasteiger partial charge in [0.25, 0.3) is 0 Å². The lowest BCUT2D eigenvalue weighted by Crippen LogP contribution is -2.01. The summed E-state index contributed by atoms with van der Waals surface area (Å²) in [7, 11) is 0. The molecule has 0 amide bonds. The maximum atomic E-state index is 4.84. The van der Waals surface area contributed by atoms with Crippen LogP contribution in [0.2, 0.25) is 0 Å². The molecule has 0 saturated heterocycles. The SMILES string of the molecule is c1ccc(-c2nc(-c3ccccc3)nc(-c3cc(-c4ccc5c(c4)-c4ccccc4C5)ccn3)n2)cc1. The molecule has 4 nitrogen and oxygen atoms in total. The first-order valence-electron chi connectivity index (χ1n) is 12.4. The summed E-state index contributed by atoms with van der Waals surface area (Å²) in [6.45, 7) is 0. The lowest BCUT2D eigenvalue weighted by atomic mass is 9.99. The molecule has 0 radical (unpaired) electrons. The minimum absolute atomic E-state index is 0.557. The molecule has 0 saturated carbocycles. The summed E-state index contributed by atoms with van der Waals surface area (Å²) in [6, 6.07) is 39.5. The lowest BCUT2D eigenvalue weighted by molar-refractivity contribution is 1.06. The molecule has 1 aliphatic carbocycles. The van der Waals surface area contributed by atoms with E-state index in [0.717, 1.165) is 34.4 Å². The molecular weight excluding hydrogens is 452 g/mol. The number of hydrogen-bond acceptors (Lipinski definition) is 4. The molecule has 1 aliphatic rings. The van der Waals surface area contributed by atoms with Gasteiger partial charge in [0, 0.05) is 17.3 Å². The van der Waals surface area contributed by atoms with Gasteiger partial charge in [-0.15, -0.1) is 0 Å². The number of aromatic nitrogens is 4. The van der Waals surface area contributed by atoms with Crippen LogP contribution >= 0.6 is 0 Å². The van der Waals surface area contributed by atoms with E-state index in [1.807, 2.05) is 72.9 Å². The lowest BCUT2D eigenvalue weighted by Gasteiger charge is -2.10. The van der Waals surface area contributed by atoms with Gasteiger partial charge in [0.1, 0.15) is 5.69 Å². The zero-order valence-electron chi connectivity index (χ0n) is 20.0. The van der Waals surface area contributed by atoms with Crippen LogP contribution in [-0.4, -0.2) is 19.9 Å². The van der Waals surface area contributed by atoms with Gasteiger partial charge in [-0.1, -0.05) is 97.1 Å². The van der Waals surface area contributed by atoms with Crippen molar-refractivity contribution in [2.24, 2.45) is 0 Å². The molecule has 6 aromatic rings. The molecule has 2 aromatic heterocycles. The van der Waals surface area contributed by atoms with Crippen LogP contribution in [0.3, 0.4) is 0 Å². The molecule has 0 aliphatic heterocycles. The van der Waals surface area contributed by atoms with E-state index in [4.69, 9.17) is 15.0 Å². The monoisotopic (exact) mass is 474 g/mol. The third kappa shape index (κ3) is 3.99. The van der Waals surface area contributed by atoms with Gasteiger partial charge >= 0.3 is 0 Å². The fourth-order valence-electron chi connectivity index (χ4n) is 4.96. The minimum atomic E-state index is 0.557. The fourth-order valence-corrected chi connectivity index (χ4v) is 4.96. The Hall–Kier alpha value is -4.96. The second kappa shape index (κ2) is 8.92. The van der Waals surface area contributed by atoms with Crippen molar-refractivity contribution in [2.45, 2.75) is 6.42 Å². The molecule has 0 bridgehead atoms. The Morgan fingerprint density at radius 3 is 1.76 bits per heavy atom. The quantitative estimate of drug-likeness (QED) is 0.265. The first-order valence-corrected chi connectivity index (χ1v) is 12.4. The summed E-state index contributed by atoms with van der Waals surface area (Å²) < 4.78 is 0. The molecule has 0 spiro atoms. The van der Waals surface area contributed by atoms with E-state index in [-0.39, 0.29) is 0 Å². The van der Waals surface area contributed by atoms with E-state index < -0.39 is 0 Å². The summed E-state index contributed by atoms with van der Waals surface area (Å²) in [4.78, 5) is 19.1. The maximum Gasteiger partial charge on any atom is 0.182 e. The van der Waals surface area contributed by atoms with Crippen LogP contribution in [0.1, 0.15) is 11.1 Å². The minimum Gasteiger partial charge on any atom is -0.253 e. The Labute approximate surface area is 215 Å². The van der Waals surface area contributed by atoms with E-state index in [9.17, 15) is 0 Å². The summed E-state index contributed by atoms with van der Waals surface area (Å²) in [6.07, 6.45) is 2.82. The van der Waals surface area contributed by atoms with E-state index in [2.05, 4.69) is 53.5 Å². The largest absolute Gasteiger partial charge is 0.253 e. The molecule has 2 heterocycles. The molecule has 0 unspecified atom stereocenters. The summed E-state index contributed by atoms with van der Waals surface area (Å²) in [5, 5.41) is 0. The van der Waals surface area contributed by atoms with Gasteiger partial charge in [0.2, 0.25) is 0 Å². The van der Waals surface area contributed by atoms with Crippen molar-refractivity contribution in [3.8, 4) is 56.5 Å². The van der Waals surface area contributed by atoms with Crippen molar-refractivity contribution in [2.75, 3.05) is 0 Å². The second-order valence-corrected chi connectivity index (χ2v) is 9.17. The van der Waals surface area contributed by atoms with Crippen molar-refractivity contribution in [3.63, 3.8) is 0 Å². The van der Waals surface area contributed by atoms with Gasteiger partial charge in [-0.2, -0.15) is 0 Å². The van der Waals surface area contributed by atoms with Crippen molar-refractivity contribution < 1.29 is 0 Å². The van der Waals surface area contributed by atoms with Crippen molar-refractivity contribution in [1.29, 1.82) is 0 Å². The molecule has 37 heavy (non-hydrogen) atoms. The molecule has 0 atom stereocenters. The van der Waals surface area contributed by atoms with E-state index >= 15 is 0 Å². The number of benzene rings is 4. The summed E-state index contributed by atoms with van der Waals surface area (Å²) >= 11 is 0. The second-order valence-electron chi connectivity index (χ2n) is 9.17. The molecule has 4 heteroatoms. The number of fused-ring (bicyclic) bond motifs is 3. The fraction of sp³-hybridized carbons (Fsp3) is 0.0303. The smallest absolute Gasteiger partial charge is 0.182 e. The Bertz CT molecular complexity index is 1690. The average molecular weight is 475 g/mol. The van der Waals surface area contributed by atoms with Crippen LogP contribution in [0.25, 0.3) is 56.5 Å². The average Bonchev–Trinajstić information content (AvgIpc) is 3.36. The van der Waals surface area contributed by atoms with Crippen LogP contribution in [-0.2, 0) is 6.42 Å². The van der Waals surface area contributed by atoms with Crippen LogP contribution in [0, 0.1) is 0 Å². The van der Waals surface area contributed by atoms with Crippen molar-refractivity contribution >= 4 is 0 Å². The first-order chi connectivity index (χ1) is 18.3. The Kier molecular flexibility index (Phi) is 5.14. The van der Waals surface area contributed by atoms with Gasteiger partial charge in [0.05, 0.1) is 0 Å². The maximum absolute atomic E-state index is 4.84. The van der Waals surface area contributed by atoms with E-state index in [0.29, 0.717) is 17.5 Å². The van der Waals surface area contributed by atoms with Gasteiger partial charge in [0.15, 0.2) is 17.5 Å². The molecule has 0 fully saturated rings. The first kappa shape index (κ1) is 21.3. The molecule has 4 aromatic carbocycles. The van der Waals surface area contributed by atoms with Crippen LogP contribution in [0.5, 0.6) is 0 Å². The van der Waals surface area contributed by atoms with Crippen molar-refractivity contribution in [3.05, 3.63) is 133 Å². The van der Waals surface area contributed by atoms with Gasteiger partial charge < -0.3 is 0 Å². The van der Waals surface area contributed by atoms with Crippen LogP contribution in [0.4, 0.5) is 0 Å². The van der Waals surface area contributed by atoms with Crippen molar-refractivity contribution in [1.82, 2.24) is 19.9 Å². The summed E-state index contributed by atoms with van der Waals surface area (Å²) in [5.74, 6) is 1.82. The van der Waals surface area contributed by atoms with Gasteiger partial charge in [-0.05, 0) is 58.0 Å². The number of pyridine rings is 1. The van der Waals surface area contributed by atoms with E-state index in [1.54, 1.807) is 0 Å². The Morgan fingerprint density at radius 2 is 1.03 bits per heavy atom. The highest BCUT2D eigenvalue weighted by molar-refractivity contribution is 5.82. The Balaban J connectivity index is 1.34. The third-order valence-corrected chi connectivity index (χ3v) is 6.82. The summed E-state index contributed by atoms with van der Waals surface area (Å²) in [5.41, 5.74) is 10.2. The number of hydrogen-bond donors (Lipinski definition) is 0. The van der Waals surface area contributed by atoms with E-state index in [1.165, 1.54) is 22.3 Å². The van der Waals surface area contributed by atoms with Crippen LogP contribution in [0.15, 0.2) is 121 Å². The number of rotatable bonds is 4. The molecule has 7 rings (SSSR count). The molecule has 0 N–H and O–H groups in total. The Morgan fingerprint density at radius 1 is 0.432 bits per heavy atom. The molecular formula is C33H22N4. The zero-order chi connectivity index (χ0) is 24.6. The predicted octanol–water partition coefficient (Wildman–Crippen LogP) is 7.51. The standard InChI is InChI=1S/C33H22N4/c1-3-9-22(10-4-1)31-35-32(23-11-5-2-6-12-23)37-33(36-31)30-21-25(17-18-34-30)24-15-16-27-19-26-13-7-8-14-28(26)29(27)20-24/h1-18,20-21H,19H2. The highest BCUT2D eigenvalue weighted by atomic mass is 15.0. The van der Waals surface area contributed by atoms with Crippen LogP contribution < -0.4 is 0 Å². The highest BCUT2D eigenvalue weighted by Crippen LogP contribution is 2.39. The van der Waals surface area contributed by atoms with Gasteiger partial charge in [-0.25, -0.2) is 15.0 Å². The number of nitrogens with zero attached hydrogens (tertiary/aromatic N) is 4. The molecule has 174 valence electrons. The predicted molar refractivity (Wildman–Crippen MR) is 148 cm³/mol. The van der Waals surface area contributed by atoms with Gasteiger partial charge in [-0.3, -0.25) is 4.98 Å². The zero-order valence-corrected chi connectivity index (χ0v) is 20.0. The highest BCUT2D eigenvalue weighted by Gasteiger charge is 2.19.